The van der Waals surface area contributed by atoms with Crippen LogP contribution in [-0.4, -0.2) is 63.1 Å². The molecule has 0 bridgehead atoms. The fourth-order valence-corrected chi connectivity index (χ4v) is 3.73. The maximum Gasteiger partial charge on any atom is 0.253 e. The molecular weight excluding hydrogens is 392 g/mol. The van der Waals surface area contributed by atoms with Crippen molar-refractivity contribution in [3.63, 3.8) is 0 Å². The molecule has 0 unspecified atom stereocenters. The number of aromatic nitrogens is 4. The van der Waals surface area contributed by atoms with E-state index < -0.39 is 0 Å². The summed E-state index contributed by atoms with van der Waals surface area (Å²) in [7, 11) is 0. The van der Waals surface area contributed by atoms with E-state index >= 15 is 0 Å². The molecule has 0 N–H and O–H groups in total. The number of nitrogens with zero attached hydrogens (tertiary/aromatic N) is 6. The van der Waals surface area contributed by atoms with Gasteiger partial charge in [0.05, 0.1) is 12.3 Å². The van der Waals surface area contributed by atoms with Gasteiger partial charge in [-0.2, -0.15) is 0 Å². The lowest BCUT2D eigenvalue weighted by molar-refractivity contribution is 0.0746. The van der Waals surface area contributed by atoms with Crippen LogP contribution in [0.25, 0.3) is 5.82 Å². The predicted octanol–water partition coefficient (Wildman–Crippen LogP) is 2.95. The number of ether oxygens (including phenoxy) is 1. The molecule has 3 aromatic rings. The molecule has 0 saturated carbocycles. The first-order valence-corrected chi connectivity index (χ1v) is 10.6. The summed E-state index contributed by atoms with van der Waals surface area (Å²) in [5.41, 5.74) is 2.73. The van der Waals surface area contributed by atoms with Crippen LogP contribution in [0.5, 0.6) is 5.75 Å². The molecule has 8 nitrogen and oxygen atoms in total. The smallest absolute Gasteiger partial charge is 0.253 e. The van der Waals surface area contributed by atoms with E-state index in [1.165, 1.54) is 0 Å². The van der Waals surface area contributed by atoms with Gasteiger partial charge in [-0.15, -0.1) is 0 Å². The lowest BCUT2D eigenvalue weighted by atomic mass is 10.1. The Morgan fingerprint density at radius 2 is 1.68 bits per heavy atom. The van der Waals surface area contributed by atoms with Gasteiger partial charge < -0.3 is 14.5 Å². The van der Waals surface area contributed by atoms with Crippen LogP contribution in [0.4, 0.5) is 5.82 Å². The molecule has 2 aromatic heterocycles. The van der Waals surface area contributed by atoms with Crippen molar-refractivity contribution in [3.8, 4) is 11.6 Å². The van der Waals surface area contributed by atoms with Crippen LogP contribution in [0.15, 0.2) is 36.7 Å². The number of amides is 1. The van der Waals surface area contributed by atoms with Gasteiger partial charge in [0.15, 0.2) is 0 Å². The zero-order chi connectivity index (χ0) is 22.0. The fourth-order valence-electron chi connectivity index (χ4n) is 3.73. The Balaban J connectivity index is 1.45. The number of carbonyl (C=O) groups is 1. The third-order valence-electron chi connectivity index (χ3n) is 5.61. The van der Waals surface area contributed by atoms with Gasteiger partial charge in [-0.3, -0.25) is 9.36 Å². The minimum atomic E-state index is 0.0479. The van der Waals surface area contributed by atoms with E-state index in [1.54, 1.807) is 6.33 Å². The van der Waals surface area contributed by atoms with Crippen LogP contribution in [0.3, 0.4) is 0 Å². The number of benzene rings is 1. The summed E-state index contributed by atoms with van der Waals surface area (Å²) in [6, 6.07) is 9.34. The minimum Gasteiger partial charge on any atom is -0.494 e. The summed E-state index contributed by atoms with van der Waals surface area (Å²) >= 11 is 0. The molecule has 1 aromatic carbocycles. The van der Waals surface area contributed by atoms with Crippen molar-refractivity contribution in [2.24, 2.45) is 0 Å². The van der Waals surface area contributed by atoms with Gasteiger partial charge in [0.25, 0.3) is 5.91 Å². The van der Waals surface area contributed by atoms with E-state index in [-0.39, 0.29) is 5.91 Å². The summed E-state index contributed by atoms with van der Waals surface area (Å²) in [6.07, 6.45) is 1.80. The summed E-state index contributed by atoms with van der Waals surface area (Å²) in [5, 5.41) is 0. The zero-order valence-electron chi connectivity index (χ0n) is 18.5. The van der Waals surface area contributed by atoms with Crippen molar-refractivity contribution in [1.82, 2.24) is 24.4 Å². The van der Waals surface area contributed by atoms with E-state index in [0.717, 1.165) is 41.9 Å². The fraction of sp³-hybridized carbons (Fsp3) is 0.391. The highest BCUT2D eigenvalue weighted by Gasteiger charge is 2.23. The quantitative estimate of drug-likeness (QED) is 0.632. The van der Waals surface area contributed by atoms with Crippen LogP contribution in [0.2, 0.25) is 0 Å². The van der Waals surface area contributed by atoms with E-state index in [2.05, 4.69) is 19.9 Å². The maximum atomic E-state index is 12.9. The number of piperazine rings is 1. The van der Waals surface area contributed by atoms with E-state index in [9.17, 15) is 4.79 Å². The molecule has 8 heteroatoms. The number of carbonyl (C=O) groups excluding carboxylic acids is 1. The van der Waals surface area contributed by atoms with E-state index in [0.29, 0.717) is 31.1 Å². The molecule has 1 aliphatic heterocycles. The molecule has 162 valence electrons. The Bertz CT molecular complexity index is 1070. The van der Waals surface area contributed by atoms with Gasteiger partial charge in [-0.25, -0.2) is 15.0 Å². The summed E-state index contributed by atoms with van der Waals surface area (Å²) in [5.74, 6) is 3.23. The topological polar surface area (TPSA) is 76.4 Å². The van der Waals surface area contributed by atoms with Crippen LogP contribution < -0.4 is 9.64 Å². The third kappa shape index (κ3) is 4.38. The van der Waals surface area contributed by atoms with Crippen molar-refractivity contribution >= 4 is 11.7 Å². The van der Waals surface area contributed by atoms with E-state index in [1.807, 2.05) is 67.5 Å². The Labute approximate surface area is 182 Å². The standard InChI is InChI=1S/C23H28N6O2/c1-5-31-20-8-6-19(7-9-20)23(30)28-12-10-27(11-13-28)21-14-22(26-18(4)25-21)29-15-24-16(2)17(29)3/h6-9,14-15H,5,10-13H2,1-4H3. The first-order valence-electron chi connectivity index (χ1n) is 10.6. The average Bonchev–Trinajstić information content (AvgIpc) is 3.12. The van der Waals surface area contributed by atoms with Gasteiger partial charge in [0, 0.05) is 43.5 Å². The second-order valence-corrected chi connectivity index (χ2v) is 7.65. The van der Waals surface area contributed by atoms with Crippen LogP contribution >= 0.6 is 0 Å². The SMILES string of the molecule is CCOc1ccc(C(=O)N2CCN(c3cc(-n4cnc(C)c4C)nc(C)n3)CC2)cc1. The predicted molar refractivity (Wildman–Crippen MR) is 119 cm³/mol. The molecule has 1 saturated heterocycles. The second-order valence-electron chi connectivity index (χ2n) is 7.65. The molecule has 1 fully saturated rings. The molecular formula is C23H28N6O2. The van der Waals surface area contributed by atoms with Gasteiger partial charge in [-0.05, 0) is 52.0 Å². The Kier molecular flexibility index (Phi) is 5.88. The highest BCUT2D eigenvalue weighted by atomic mass is 16.5. The Morgan fingerprint density at radius 1 is 1.00 bits per heavy atom. The molecule has 0 atom stereocenters. The zero-order valence-corrected chi connectivity index (χ0v) is 18.5. The van der Waals surface area contributed by atoms with Crippen LogP contribution in [0, 0.1) is 20.8 Å². The highest BCUT2D eigenvalue weighted by molar-refractivity contribution is 5.94. The van der Waals surface area contributed by atoms with Gasteiger partial charge in [-0.1, -0.05) is 0 Å². The van der Waals surface area contributed by atoms with Crippen LogP contribution in [-0.2, 0) is 0 Å². The first kappa shape index (κ1) is 20.8. The molecule has 4 rings (SSSR count). The first-order chi connectivity index (χ1) is 15.0. The summed E-state index contributed by atoms with van der Waals surface area (Å²) in [6.45, 7) is 11.2. The molecule has 0 radical (unpaired) electrons. The molecule has 0 spiro atoms. The lowest BCUT2D eigenvalue weighted by Crippen LogP contribution is -2.49. The van der Waals surface area contributed by atoms with Gasteiger partial charge >= 0.3 is 0 Å². The van der Waals surface area contributed by atoms with Crippen molar-refractivity contribution in [3.05, 3.63) is 59.4 Å². The number of imidazole rings is 1. The van der Waals surface area contributed by atoms with Gasteiger partial charge in [0.1, 0.15) is 29.5 Å². The molecule has 1 amide bonds. The molecule has 31 heavy (non-hydrogen) atoms. The summed E-state index contributed by atoms with van der Waals surface area (Å²) < 4.78 is 7.45. The van der Waals surface area contributed by atoms with Crippen molar-refractivity contribution < 1.29 is 9.53 Å². The van der Waals surface area contributed by atoms with Crippen molar-refractivity contribution in [2.75, 3.05) is 37.7 Å². The number of aryl methyl sites for hydroxylation is 2. The number of rotatable bonds is 5. The maximum absolute atomic E-state index is 12.9. The Morgan fingerprint density at radius 3 is 2.29 bits per heavy atom. The number of anilines is 1. The molecule has 1 aliphatic rings. The minimum absolute atomic E-state index is 0.0479. The molecule has 3 heterocycles. The summed E-state index contributed by atoms with van der Waals surface area (Å²) in [4.78, 5) is 30.6. The third-order valence-corrected chi connectivity index (χ3v) is 5.61. The van der Waals surface area contributed by atoms with Gasteiger partial charge in [0.2, 0.25) is 0 Å². The van der Waals surface area contributed by atoms with Crippen molar-refractivity contribution in [2.45, 2.75) is 27.7 Å². The number of hydrogen-bond acceptors (Lipinski definition) is 6. The van der Waals surface area contributed by atoms with E-state index in [4.69, 9.17) is 4.74 Å². The lowest BCUT2D eigenvalue weighted by Gasteiger charge is -2.35. The van der Waals surface area contributed by atoms with Crippen molar-refractivity contribution in [1.29, 1.82) is 0 Å². The monoisotopic (exact) mass is 420 g/mol. The normalized spacial score (nSPS) is 14.1. The van der Waals surface area contributed by atoms with Crippen LogP contribution in [0.1, 0.15) is 34.5 Å². The number of hydrogen-bond donors (Lipinski definition) is 0. The second kappa shape index (κ2) is 8.75. The highest BCUT2D eigenvalue weighted by Crippen LogP contribution is 2.20. The average molecular weight is 421 g/mol. The molecule has 0 aliphatic carbocycles. The largest absolute Gasteiger partial charge is 0.494 e. The Hall–Kier alpha value is -3.42.